The van der Waals surface area contributed by atoms with Crippen molar-refractivity contribution in [2.45, 2.75) is 13.5 Å². The van der Waals surface area contributed by atoms with Crippen molar-refractivity contribution in [3.05, 3.63) is 96.3 Å². The first-order chi connectivity index (χ1) is 19.0. The lowest BCUT2D eigenvalue weighted by molar-refractivity contribution is 0.208. The largest absolute Gasteiger partial charge is 0.351 e. The van der Waals surface area contributed by atoms with Crippen LogP contribution in [0.4, 0.5) is 20.7 Å². The molecule has 2 amide bonds. The number of hydrogen-bond acceptors (Lipinski definition) is 6. The normalized spacial score (nSPS) is 13.6. The van der Waals surface area contributed by atoms with Crippen LogP contribution >= 0.6 is 0 Å². The molecule has 196 valence electrons. The van der Waals surface area contributed by atoms with Crippen molar-refractivity contribution in [1.29, 1.82) is 0 Å². The molecule has 0 atom stereocenters. The first-order valence-corrected chi connectivity index (χ1v) is 12.8. The van der Waals surface area contributed by atoms with Gasteiger partial charge in [0.2, 0.25) is 0 Å². The van der Waals surface area contributed by atoms with Crippen LogP contribution in [0.2, 0.25) is 0 Å². The number of piperazine rings is 1. The van der Waals surface area contributed by atoms with Crippen LogP contribution in [0.25, 0.3) is 22.3 Å². The molecule has 6 rings (SSSR count). The van der Waals surface area contributed by atoms with E-state index < -0.39 is 0 Å². The molecule has 0 saturated carbocycles. The van der Waals surface area contributed by atoms with Gasteiger partial charge in [0.05, 0.1) is 11.2 Å². The average molecular weight is 523 g/mol. The predicted octanol–water partition coefficient (Wildman–Crippen LogP) is 4.74. The lowest BCUT2D eigenvalue weighted by Crippen LogP contribution is -2.50. The highest BCUT2D eigenvalue weighted by atomic mass is 19.1. The third-order valence-electron chi connectivity index (χ3n) is 6.71. The van der Waals surface area contributed by atoms with Gasteiger partial charge < -0.3 is 15.1 Å². The summed E-state index contributed by atoms with van der Waals surface area (Å²) in [7, 11) is 0. The smallest absolute Gasteiger partial charge is 0.321 e. The molecular formula is C29H27FN8O. The van der Waals surface area contributed by atoms with Crippen LogP contribution in [-0.4, -0.2) is 61.8 Å². The van der Waals surface area contributed by atoms with Crippen LogP contribution in [0, 0.1) is 12.7 Å². The first kappa shape index (κ1) is 24.5. The Morgan fingerprint density at radius 3 is 2.51 bits per heavy atom. The fourth-order valence-electron chi connectivity index (χ4n) is 4.70. The molecule has 4 heterocycles. The molecule has 2 aromatic carbocycles. The molecule has 5 aromatic rings. The molecule has 10 heteroatoms. The number of aromatic nitrogens is 5. The number of rotatable bonds is 5. The predicted molar refractivity (Wildman–Crippen MR) is 148 cm³/mol. The van der Waals surface area contributed by atoms with Gasteiger partial charge in [0.25, 0.3) is 0 Å². The van der Waals surface area contributed by atoms with Gasteiger partial charge in [-0.2, -0.15) is 5.10 Å². The van der Waals surface area contributed by atoms with Gasteiger partial charge >= 0.3 is 6.03 Å². The van der Waals surface area contributed by atoms with Crippen LogP contribution < -0.4 is 10.2 Å². The fraction of sp³-hybridized carbons (Fsp3) is 0.207. The lowest BCUT2D eigenvalue weighted by atomic mass is 10.1. The minimum absolute atomic E-state index is 0.121. The molecule has 9 nitrogen and oxygen atoms in total. The molecule has 0 unspecified atom stereocenters. The van der Waals surface area contributed by atoms with Gasteiger partial charge in [0.1, 0.15) is 17.9 Å². The van der Waals surface area contributed by atoms with Crippen molar-refractivity contribution in [2.75, 3.05) is 36.4 Å². The molecule has 0 radical (unpaired) electrons. The molecule has 0 spiro atoms. The Morgan fingerprint density at radius 1 is 0.949 bits per heavy atom. The number of carbonyl (C=O) groups is 1. The number of amides is 2. The number of fused-ring (bicyclic) bond motifs is 1. The number of benzene rings is 2. The van der Waals surface area contributed by atoms with E-state index >= 15 is 0 Å². The summed E-state index contributed by atoms with van der Waals surface area (Å²) in [6, 6.07) is 19.6. The number of nitrogens with zero attached hydrogens (tertiary/aromatic N) is 7. The summed E-state index contributed by atoms with van der Waals surface area (Å²) in [6.07, 6.45) is 3.59. The third kappa shape index (κ3) is 5.40. The Morgan fingerprint density at radius 2 is 1.77 bits per heavy atom. The van der Waals surface area contributed by atoms with E-state index in [1.165, 1.54) is 12.1 Å². The van der Waals surface area contributed by atoms with E-state index in [-0.39, 0.29) is 11.8 Å². The highest BCUT2D eigenvalue weighted by Crippen LogP contribution is 2.27. The van der Waals surface area contributed by atoms with E-state index in [9.17, 15) is 9.18 Å². The maximum absolute atomic E-state index is 13.5. The summed E-state index contributed by atoms with van der Waals surface area (Å²) < 4.78 is 15.3. The summed E-state index contributed by atoms with van der Waals surface area (Å²) in [5.74, 6) is 1.04. The lowest BCUT2D eigenvalue weighted by Gasteiger charge is -2.35. The maximum atomic E-state index is 13.5. The molecule has 1 saturated heterocycles. The maximum Gasteiger partial charge on any atom is 0.321 e. The molecule has 1 fully saturated rings. The monoisotopic (exact) mass is 522 g/mol. The summed E-state index contributed by atoms with van der Waals surface area (Å²) in [5, 5.41) is 7.28. The number of hydrogen-bond donors (Lipinski definition) is 1. The van der Waals surface area contributed by atoms with Gasteiger partial charge in [0, 0.05) is 49.8 Å². The summed E-state index contributed by atoms with van der Waals surface area (Å²) >= 11 is 0. The van der Waals surface area contributed by atoms with Gasteiger partial charge in [-0.15, -0.1) is 0 Å². The van der Waals surface area contributed by atoms with Crippen LogP contribution in [0.1, 0.15) is 11.4 Å². The Labute approximate surface area is 224 Å². The second kappa shape index (κ2) is 10.5. The highest BCUT2D eigenvalue weighted by molar-refractivity contribution is 5.90. The van der Waals surface area contributed by atoms with E-state index in [2.05, 4.69) is 15.3 Å². The summed E-state index contributed by atoms with van der Waals surface area (Å²) in [6.45, 7) is 4.68. The minimum Gasteiger partial charge on any atom is -0.351 e. The van der Waals surface area contributed by atoms with Crippen molar-refractivity contribution in [1.82, 2.24) is 29.6 Å². The van der Waals surface area contributed by atoms with E-state index in [1.54, 1.807) is 23.0 Å². The van der Waals surface area contributed by atoms with Crippen LogP contribution in [0.5, 0.6) is 0 Å². The number of aryl methyl sites for hydroxylation is 1. The standard InChI is InChI=1S/C29H27FN8O/c1-20-4-2-5-23(18-20)32-29(39)37-16-14-36(15-17-37)28-27-25(33-26(35-28)19-38-13-3-12-31-38)11-10-24(34-27)21-6-8-22(30)9-7-21/h2-13,18H,14-17,19H2,1H3,(H,32,39). The third-order valence-corrected chi connectivity index (χ3v) is 6.71. The number of urea groups is 1. The Hall–Kier alpha value is -4.86. The van der Waals surface area contributed by atoms with Gasteiger partial charge in [0.15, 0.2) is 11.6 Å². The zero-order chi connectivity index (χ0) is 26.8. The SMILES string of the molecule is Cc1cccc(NC(=O)N2CCN(c3nc(Cn4cccn4)nc4ccc(-c5ccc(F)cc5)nc34)CC2)c1. The van der Waals surface area contributed by atoms with Gasteiger partial charge in [-0.25, -0.2) is 24.1 Å². The van der Waals surface area contributed by atoms with E-state index in [1.807, 2.05) is 60.5 Å². The second-order valence-corrected chi connectivity index (χ2v) is 9.51. The van der Waals surface area contributed by atoms with E-state index in [4.69, 9.17) is 15.0 Å². The van der Waals surface area contributed by atoms with Crippen molar-refractivity contribution >= 4 is 28.6 Å². The fourth-order valence-corrected chi connectivity index (χ4v) is 4.70. The van der Waals surface area contributed by atoms with Crippen LogP contribution in [0.15, 0.2) is 79.1 Å². The Kier molecular flexibility index (Phi) is 6.58. The molecular weight excluding hydrogens is 495 g/mol. The second-order valence-electron chi connectivity index (χ2n) is 9.51. The number of carbonyl (C=O) groups excluding carboxylic acids is 1. The van der Waals surface area contributed by atoms with E-state index in [0.29, 0.717) is 61.1 Å². The summed E-state index contributed by atoms with van der Waals surface area (Å²) in [4.78, 5) is 31.4. The number of pyridine rings is 1. The first-order valence-electron chi connectivity index (χ1n) is 12.8. The molecule has 3 aromatic heterocycles. The van der Waals surface area contributed by atoms with Crippen molar-refractivity contribution in [2.24, 2.45) is 0 Å². The number of anilines is 2. The van der Waals surface area contributed by atoms with Crippen molar-refractivity contribution in [3.63, 3.8) is 0 Å². The van der Waals surface area contributed by atoms with Crippen molar-refractivity contribution < 1.29 is 9.18 Å². The van der Waals surface area contributed by atoms with Gasteiger partial charge in [-0.05, 0) is 67.1 Å². The molecule has 0 bridgehead atoms. The van der Waals surface area contributed by atoms with Gasteiger partial charge in [-0.3, -0.25) is 4.68 Å². The molecule has 0 aliphatic carbocycles. The van der Waals surface area contributed by atoms with E-state index in [0.717, 1.165) is 16.8 Å². The zero-order valence-electron chi connectivity index (χ0n) is 21.5. The van der Waals surface area contributed by atoms with Crippen LogP contribution in [-0.2, 0) is 6.54 Å². The molecule has 1 aliphatic heterocycles. The highest BCUT2D eigenvalue weighted by Gasteiger charge is 2.25. The number of halogens is 1. The van der Waals surface area contributed by atoms with Crippen LogP contribution in [0.3, 0.4) is 0 Å². The molecule has 1 aliphatic rings. The topological polar surface area (TPSA) is 92.1 Å². The van der Waals surface area contributed by atoms with Crippen molar-refractivity contribution in [3.8, 4) is 11.3 Å². The molecule has 39 heavy (non-hydrogen) atoms. The Balaban J connectivity index is 1.28. The minimum atomic E-state index is -0.295. The summed E-state index contributed by atoms with van der Waals surface area (Å²) in [5.41, 5.74) is 4.77. The van der Waals surface area contributed by atoms with Gasteiger partial charge in [-0.1, -0.05) is 12.1 Å². The average Bonchev–Trinajstić information content (AvgIpc) is 3.46. The Bertz CT molecular complexity index is 1610. The quantitative estimate of drug-likeness (QED) is 0.359. The zero-order valence-corrected chi connectivity index (χ0v) is 21.5. The molecule has 1 N–H and O–H groups in total. The number of nitrogens with one attached hydrogen (secondary N) is 1.